The lowest BCUT2D eigenvalue weighted by atomic mass is 9.96. The largest absolute Gasteiger partial charge is 0.494 e. The molecular formula is C39H37N3O3. The lowest BCUT2D eigenvalue weighted by molar-refractivity contribution is 0.306. The summed E-state index contributed by atoms with van der Waals surface area (Å²) in [5.41, 5.74) is 6.27. The molecule has 0 radical (unpaired) electrons. The average molecular weight is 596 g/mol. The van der Waals surface area contributed by atoms with Gasteiger partial charge in [-0.3, -0.25) is 4.79 Å². The van der Waals surface area contributed by atoms with Crippen molar-refractivity contribution >= 4 is 27.9 Å². The van der Waals surface area contributed by atoms with Gasteiger partial charge in [-0.1, -0.05) is 86.1 Å². The zero-order chi connectivity index (χ0) is 31.5. The summed E-state index contributed by atoms with van der Waals surface area (Å²) in [6.07, 6.45) is 1.72. The number of fused-ring (bicyclic) bond motifs is 2. The molecule has 6 aromatic rings. The Morgan fingerprint density at radius 2 is 1.58 bits per heavy atom. The first-order chi connectivity index (χ1) is 21.8. The van der Waals surface area contributed by atoms with E-state index in [2.05, 4.69) is 57.2 Å². The molecule has 0 bridgehead atoms. The van der Waals surface area contributed by atoms with Gasteiger partial charge < -0.3 is 9.47 Å². The number of aromatic nitrogens is 2. The Morgan fingerprint density at radius 3 is 2.33 bits per heavy atom. The molecule has 6 heteroatoms. The second kappa shape index (κ2) is 12.8. The van der Waals surface area contributed by atoms with Crippen molar-refractivity contribution in [1.82, 2.24) is 9.66 Å². The van der Waals surface area contributed by atoms with Gasteiger partial charge in [0.05, 0.1) is 23.7 Å². The molecule has 0 fully saturated rings. The minimum atomic E-state index is -0.242. The Bertz CT molecular complexity index is 2090. The molecule has 6 rings (SSSR count). The van der Waals surface area contributed by atoms with Crippen molar-refractivity contribution in [3.63, 3.8) is 0 Å². The van der Waals surface area contributed by atoms with Crippen LogP contribution in [-0.4, -0.2) is 22.5 Å². The molecule has 0 aliphatic rings. The van der Waals surface area contributed by atoms with Crippen molar-refractivity contribution in [2.75, 3.05) is 6.61 Å². The number of rotatable bonds is 9. The number of benzene rings is 5. The first kappa shape index (κ1) is 29.8. The maximum Gasteiger partial charge on any atom is 0.282 e. The van der Waals surface area contributed by atoms with E-state index >= 15 is 0 Å². The van der Waals surface area contributed by atoms with Crippen LogP contribution in [0.15, 0.2) is 107 Å². The molecule has 0 amide bonds. The monoisotopic (exact) mass is 595 g/mol. The molecule has 1 heterocycles. The molecule has 6 nitrogen and oxygen atoms in total. The van der Waals surface area contributed by atoms with Gasteiger partial charge in [-0.25, -0.2) is 4.98 Å². The maximum atomic E-state index is 14.1. The highest BCUT2D eigenvalue weighted by Crippen LogP contribution is 2.34. The average Bonchev–Trinajstić information content (AvgIpc) is 3.04. The summed E-state index contributed by atoms with van der Waals surface area (Å²) in [6.45, 7) is 11.3. The minimum Gasteiger partial charge on any atom is -0.494 e. The second-order valence-corrected chi connectivity index (χ2v) is 11.6. The molecule has 0 spiro atoms. The molecule has 0 N–H and O–H groups in total. The van der Waals surface area contributed by atoms with Crippen molar-refractivity contribution in [3.05, 3.63) is 135 Å². The first-order valence-electron chi connectivity index (χ1n) is 15.4. The van der Waals surface area contributed by atoms with Crippen LogP contribution in [0.2, 0.25) is 0 Å². The number of ether oxygens (including phenoxy) is 2. The van der Waals surface area contributed by atoms with Gasteiger partial charge in [0.2, 0.25) is 0 Å². The summed E-state index contributed by atoms with van der Waals surface area (Å²) in [4.78, 5) is 19.1. The van der Waals surface area contributed by atoms with Crippen LogP contribution >= 0.6 is 0 Å². The third-order valence-electron chi connectivity index (χ3n) is 8.02. The van der Waals surface area contributed by atoms with Crippen LogP contribution < -0.4 is 15.0 Å². The quantitative estimate of drug-likeness (QED) is 0.157. The number of hydrogen-bond donors (Lipinski definition) is 0. The molecule has 1 aromatic heterocycles. The van der Waals surface area contributed by atoms with Crippen molar-refractivity contribution in [2.45, 2.75) is 47.1 Å². The zero-order valence-corrected chi connectivity index (χ0v) is 26.4. The molecule has 5 aromatic carbocycles. The predicted octanol–water partition coefficient (Wildman–Crippen LogP) is 8.82. The van der Waals surface area contributed by atoms with E-state index in [1.165, 1.54) is 10.2 Å². The highest BCUT2D eigenvalue weighted by Gasteiger charge is 2.19. The summed E-state index contributed by atoms with van der Waals surface area (Å²) < 4.78 is 13.8. The Kier molecular flexibility index (Phi) is 8.47. The van der Waals surface area contributed by atoms with E-state index in [4.69, 9.17) is 19.6 Å². The summed E-state index contributed by atoms with van der Waals surface area (Å²) in [7, 11) is 0. The van der Waals surface area contributed by atoms with E-state index in [1.54, 1.807) is 12.3 Å². The molecule has 0 aliphatic heterocycles. The molecule has 226 valence electrons. The van der Waals surface area contributed by atoms with Crippen LogP contribution in [0, 0.1) is 13.8 Å². The number of aryl methyl sites for hydroxylation is 2. The standard InChI is InChI=1S/C39H37N3O3/c1-6-44-37-21-27(5)33(22-32(37)25(2)3)38-41-35-14-10-9-13-31(35)39(43)42(38)40-23-34-30-12-8-7-11-29(30)19-20-36(34)45-24-28-17-15-26(4)16-18-28/h7-23,25H,6,24H2,1-5H3. The molecular weight excluding hydrogens is 558 g/mol. The number of nitrogens with zero attached hydrogens (tertiary/aromatic N) is 3. The van der Waals surface area contributed by atoms with E-state index < -0.39 is 0 Å². The first-order valence-corrected chi connectivity index (χ1v) is 15.4. The molecule has 0 aliphatic carbocycles. The smallest absolute Gasteiger partial charge is 0.282 e. The fourth-order valence-electron chi connectivity index (χ4n) is 5.57. The van der Waals surface area contributed by atoms with Gasteiger partial charge >= 0.3 is 0 Å². The van der Waals surface area contributed by atoms with Crippen molar-refractivity contribution in [2.24, 2.45) is 5.10 Å². The van der Waals surface area contributed by atoms with Gasteiger partial charge in [0, 0.05) is 11.1 Å². The van der Waals surface area contributed by atoms with Crippen LogP contribution in [0.4, 0.5) is 0 Å². The van der Waals surface area contributed by atoms with E-state index in [-0.39, 0.29) is 11.5 Å². The third kappa shape index (κ3) is 6.09. The lowest BCUT2D eigenvalue weighted by Crippen LogP contribution is -2.21. The Hall–Kier alpha value is -5.23. The van der Waals surface area contributed by atoms with Crippen LogP contribution in [0.3, 0.4) is 0 Å². The lowest BCUT2D eigenvalue weighted by Gasteiger charge is -2.18. The summed E-state index contributed by atoms with van der Waals surface area (Å²) in [5.74, 6) is 2.21. The fraction of sp³-hybridized carbons (Fsp3) is 0.205. The van der Waals surface area contributed by atoms with Crippen LogP contribution in [0.5, 0.6) is 11.5 Å². The van der Waals surface area contributed by atoms with Crippen molar-refractivity contribution in [3.8, 4) is 22.9 Å². The summed E-state index contributed by atoms with van der Waals surface area (Å²) >= 11 is 0. The Morgan fingerprint density at radius 1 is 0.844 bits per heavy atom. The van der Waals surface area contributed by atoms with Crippen LogP contribution in [-0.2, 0) is 6.61 Å². The number of para-hydroxylation sites is 1. The number of hydrogen-bond acceptors (Lipinski definition) is 5. The van der Waals surface area contributed by atoms with Crippen molar-refractivity contribution < 1.29 is 9.47 Å². The SMILES string of the molecule is CCOc1cc(C)c(-c2nc3ccccc3c(=O)n2N=Cc2c(OCc3ccc(C)cc3)ccc3ccccc23)cc1C(C)C. The van der Waals surface area contributed by atoms with Crippen LogP contribution in [0.25, 0.3) is 33.1 Å². The van der Waals surface area contributed by atoms with Gasteiger partial charge in [0.15, 0.2) is 5.82 Å². The molecule has 0 saturated heterocycles. The van der Waals surface area contributed by atoms with Crippen LogP contribution in [0.1, 0.15) is 54.5 Å². The van der Waals surface area contributed by atoms with Crippen molar-refractivity contribution in [1.29, 1.82) is 0 Å². The molecule has 0 unspecified atom stereocenters. The van der Waals surface area contributed by atoms with E-state index in [0.717, 1.165) is 44.3 Å². The Labute approximate surface area is 263 Å². The topological polar surface area (TPSA) is 65.7 Å². The van der Waals surface area contributed by atoms with E-state index in [0.29, 0.717) is 35.7 Å². The normalized spacial score (nSPS) is 11.6. The highest BCUT2D eigenvalue weighted by atomic mass is 16.5. The van der Waals surface area contributed by atoms with Gasteiger partial charge in [-0.05, 0) is 84.5 Å². The van der Waals surface area contributed by atoms with E-state index in [1.807, 2.05) is 68.4 Å². The second-order valence-electron chi connectivity index (χ2n) is 11.6. The van der Waals surface area contributed by atoms with Gasteiger partial charge in [0.1, 0.15) is 18.1 Å². The fourth-order valence-corrected chi connectivity index (χ4v) is 5.57. The van der Waals surface area contributed by atoms with Gasteiger partial charge in [-0.15, -0.1) is 0 Å². The summed E-state index contributed by atoms with van der Waals surface area (Å²) in [6, 6.07) is 31.9. The van der Waals surface area contributed by atoms with E-state index in [9.17, 15) is 4.79 Å². The predicted molar refractivity (Wildman–Crippen MR) is 184 cm³/mol. The Balaban J connectivity index is 1.52. The van der Waals surface area contributed by atoms with Gasteiger partial charge in [-0.2, -0.15) is 9.78 Å². The highest BCUT2D eigenvalue weighted by molar-refractivity contribution is 6.02. The summed E-state index contributed by atoms with van der Waals surface area (Å²) in [5, 5.41) is 7.39. The zero-order valence-electron chi connectivity index (χ0n) is 26.4. The maximum absolute atomic E-state index is 14.1. The minimum absolute atomic E-state index is 0.207. The van der Waals surface area contributed by atoms with Gasteiger partial charge in [0.25, 0.3) is 5.56 Å². The third-order valence-corrected chi connectivity index (χ3v) is 8.02. The molecule has 45 heavy (non-hydrogen) atoms. The molecule has 0 atom stereocenters. The molecule has 0 saturated carbocycles.